The van der Waals surface area contributed by atoms with Crippen LogP contribution in [0.4, 0.5) is 0 Å². The van der Waals surface area contributed by atoms with Crippen molar-refractivity contribution in [1.82, 2.24) is 5.32 Å². The molecule has 1 aromatic rings. The maximum absolute atomic E-state index is 3.80. The second kappa shape index (κ2) is 6.42. The molecule has 116 valence electrons. The minimum absolute atomic E-state index is 0.368. The normalized spacial score (nSPS) is 23.0. The summed E-state index contributed by atoms with van der Waals surface area (Å²) in [4.78, 5) is 0. The molecule has 3 rings (SSSR count). The third-order valence-electron chi connectivity index (χ3n) is 5.68. The average molecular weight is 350 g/mol. The minimum Gasteiger partial charge on any atom is -0.316 e. The highest BCUT2D eigenvalue weighted by molar-refractivity contribution is 9.10. The Morgan fingerprint density at radius 3 is 2.48 bits per heavy atom. The molecule has 2 saturated carbocycles. The zero-order valence-electron chi connectivity index (χ0n) is 13.3. The SMILES string of the molecule is CCCNCC1(c2ccccc2Br)CC2(CCCCC2)C1. The van der Waals surface area contributed by atoms with Crippen molar-refractivity contribution in [2.24, 2.45) is 5.41 Å². The summed E-state index contributed by atoms with van der Waals surface area (Å²) in [6.07, 6.45) is 11.3. The third kappa shape index (κ3) is 3.07. The van der Waals surface area contributed by atoms with Gasteiger partial charge in [0.05, 0.1) is 0 Å². The van der Waals surface area contributed by atoms with E-state index in [2.05, 4.69) is 52.4 Å². The van der Waals surface area contributed by atoms with E-state index in [1.54, 1.807) is 0 Å². The lowest BCUT2D eigenvalue weighted by molar-refractivity contribution is -0.0130. The van der Waals surface area contributed by atoms with Crippen molar-refractivity contribution in [2.45, 2.75) is 63.7 Å². The number of rotatable bonds is 5. The van der Waals surface area contributed by atoms with Crippen molar-refractivity contribution >= 4 is 15.9 Å². The standard InChI is InChI=1S/C19H28BrN/c1-2-12-21-15-19(16-8-4-5-9-17(16)20)13-18(14-19)10-6-3-7-11-18/h4-5,8-9,21H,2-3,6-7,10-15H2,1H3. The van der Waals surface area contributed by atoms with Crippen LogP contribution in [0.3, 0.4) is 0 Å². The highest BCUT2D eigenvalue weighted by atomic mass is 79.9. The van der Waals surface area contributed by atoms with Gasteiger partial charge < -0.3 is 5.32 Å². The lowest BCUT2D eigenvalue weighted by Crippen LogP contribution is -2.55. The van der Waals surface area contributed by atoms with Gasteiger partial charge in [0, 0.05) is 16.4 Å². The van der Waals surface area contributed by atoms with Crippen molar-refractivity contribution in [3.05, 3.63) is 34.3 Å². The van der Waals surface area contributed by atoms with Gasteiger partial charge >= 0.3 is 0 Å². The van der Waals surface area contributed by atoms with Gasteiger partial charge in [-0.1, -0.05) is 60.3 Å². The van der Waals surface area contributed by atoms with E-state index in [0.717, 1.165) is 13.1 Å². The van der Waals surface area contributed by atoms with E-state index in [4.69, 9.17) is 0 Å². The smallest absolute Gasteiger partial charge is 0.0213 e. The summed E-state index contributed by atoms with van der Waals surface area (Å²) in [7, 11) is 0. The zero-order chi connectivity index (χ0) is 14.8. The van der Waals surface area contributed by atoms with Crippen LogP contribution in [0.2, 0.25) is 0 Å². The van der Waals surface area contributed by atoms with Crippen LogP contribution in [0.15, 0.2) is 28.7 Å². The Morgan fingerprint density at radius 1 is 1.10 bits per heavy atom. The molecular weight excluding hydrogens is 322 g/mol. The molecule has 1 nitrogen and oxygen atoms in total. The number of nitrogens with one attached hydrogen (secondary N) is 1. The predicted molar refractivity (Wildman–Crippen MR) is 93.7 cm³/mol. The van der Waals surface area contributed by atoms with Gasteiger partial charge in [0.25, 0.3) is 0 Å². The fraction of sp³-hybridized carbons (Fsp3) is 0.684. The first kappa shape index (κ1) is 15.6. The van der Waals surface area contributed by atoms with Crippen molar-refractivity contribution in [3.8, 4) is 0 Å². The van der Waals surface area contributed by atoms with Crippen molar-refractivity contribution < 1.29 is 0 Å². The van der Waals surface area contributed by atoms with Crippen LogP contribution in [-0.4, -0.2) is 13.1 Å². The maximum Gasteiger partial charge on any atom is 0.0213 e. The molecule has 1 N–H and O–H groups in total. The molecule has 1 aromatic carbocycles. The van der Waals surface area contributed by atoms with E-state index in [9.17, 15) is 0 Å². The molecule has 0 aliphatic heterocycles. The molecule has 0 amide bonds. The monoisotopic (exact) mass is 349 g/mol. The molecule has 1 spiro atoms. The van der Waals surface area contributed by atoms with Crippen LogP contribution in [0.5, 0.6) is 0 Å². The lowest BCUT2D eigenvalue weighted by Gasteiger charge is -2.59. The van der Waals surface area contributed by atoms with Crippen LogP contribution in [0.25, 0.3) is 0 Å². The summed E-state index contributed by atoms with van der Waals surface area (Å²) in [5, 5.41) is 3.70. The number of benzene rings is 1. The molecule has 0 atom stereocenters. The molecule has 0 saturated heterocycles. The Kier molecular flexibility index (Phi) is 4.75. The molecule has 0 unspecified atom stereocenters. The van der Waals surface area contributed by atoms with E-state index >= 15 is 0 Å². The van der Waals surface area contributed by atoms with Crippen molar-refractivity contribution in [3.63, 3.8) is 0 Å². The van der Waals surface area contributed by atoms with Crippen LogP contribution in [0.1, 0.15) is 63.9 Å². The van der Waals surface area contributed by atoms with E-state index < -0.39 is 0 Å². The summed E-state index contributed by atoms with van der Waals surface area (Å²) < 4.78 is 1.30. The molecule has 0 heterocycles. The summed E-state index contributed by atoms with van der Waals surface area (Å²) in [6.45, 7) is 4.53. The van der Waals surface area contributed by atoms with Crippen LogP contribution >= 0.6 is 15.9 Å². The summed E-state index contributed by atoms with van der Waals surface area (Å²) in [5.74, 6) is 0. The second-order valence-electron chi connectivity index (χ2n) is 7.35. The van der Waals surface area contributed by atoms with Gasteiger partial charge in [0.2, 0.25) is 0 Å². The Labute approximate surface area is 138 Å². The Morgan fingerprint density at radius 2 is 1.81 bits per heavy atom. The maximum atomic E-state index is 3.80. The summed E-state index contributed by atoms with van der Waals surface area (Å²) in [6, 6.07) is 8.89. The van der Waals surface area contributed by atoms with Gasteiger partial charge in [-0.3, -0.25) is 0 Å². The van der Waals surface area contributed by atoms with E-state index in [1.165, 1.54) is 61.4 Å². The average Bonchev–Trinajstić information content (AvgIpc) is 2.47. The fourth-order valence-electron chi connectivity index (χ4n) is 4.85. The zero-order valence-corrected chi connectivity index (χ0v) is 14.8. The molecule has 2 aliphatic carbocycles. The van der Waals surface area contributed by atoms with E-state index in [0.29, 0.717) is 10.8 Å². The predicted octanol–water partition coefficient (Wildman–Crippen LogP) is 5.43. The van der Waals surface area contributed by atoms with Gasteiger partial charge in [-0.2, -0.15) is 0 Å². The van der Waals surface area contributed by atoms with Gasteiger partial charge in [-0.25, -0.2) is 0 Å². The molecule has 0 aromatic heterocycles. The first-order valence-electron chi connectivity index (χ1n) is 8.66. The molecule has 21 heavy (non-hydrogen) atoms. The van der Waals surface area contributed by atoms with Crippen LogP contribution in [-0.2, 0) is 5.41 Å². The lowest BCUT2D eigenvalue weighted by atomic mass is 9.46. The number of halogens is 1. The van der Waals surface area contributed by atoms with Gasteiger partial charge in [-0.05, 0) is 55.7 Å². The van der Waals surface area contributed by atoms with E-state index in [1.807, 2.05) is 0 Å². The Bertz CT molecular complexity index is 468. The Hall–Kier alpha value is -0.340. The highest BCUT2D eigenvalue weighted by Gasteiger charge is 2.55. The van der Waals surface area contributed by atoms with Crippen LogP contribution in [0, 0.1) is 5.41 Å². The first-order valence-corrected chi connectivity index (χ1v) is 9.45. The molecule has 0 radical (unpaired) electrons. The molecule has 2 heteroatoms. The number of hydrogen-bond donors (Lipinski definition) is 1. The quantitative estimate of drug-likeness (QED) is 0.698. The molecule has 2 fully saturated rings. The van der Waals surface area contributed by atoms with Crippen molar-refractivity contribution in [1.29, 1.82) is 0 Å². The second-order valence-corrected chi connectivity index (χ2v) is 8.21. The summed E-state index contributed by atoms with van der Waals surface area (Å²) in [5.41, 5.74) is 2.57. The summed E-state index contributed by atoms with van der Waals surface area (Å²) >= 11 is 3.80. The van der Waals surface area contributed by atoms with Gasteiger partial charge in [-0.15, -0.1) is 0 Å². The first-order chi connectivity index (χ1) is 10.2. The van der Waals surface area contributed by atoms with E-state index in [-0.39, 0.29) is 0 Å². The minimum atomic E-state index is 0.368. The highest BCUT2D eigenvalue weighted by Crippen LogP contribution is 2.62. The fourth-order valence-corrected chi connectivity index (χ4v) is 5.55. The van der Waals surface area contributed by atoms with Crippen molar-refractivity contribution in [2.75, 3.05) is 13.1 Å². The largest absolute Gasteiger partial charge is 0.316 e. The topological polar surface area (TPSA) is 12.0 Å². The van der Waals surface area contributed by atoms with Gasteiger partial charge in [0.1, 0.15) is 0 Å². The molecule has 0 bridgehead atoms. The Balaban J connectivity index is 1.79. The van der Waals surface area contributed by atoms with Gasteiger partial charge in [0.15, 0.2) is 0 Å². The molecular formula is C19H28BrN. The van der Waals surface area contributed by atoms with Crippen LogP contribution < -0.4 is 5.32 Å². The third-order valence-corrected chi connectivity index (χ3v) is 6.37. The molecule has 2 aliphatic rings. The number of hydrogen-bond acceptors (Lipinski definition) is 1.